The molecule has 1 aliphatic heterocycles. The van der Waals surface area contributed by atoms with Crippen molar-refractivity contribution in [1.82, 2.24) is 19.8 Å². The van der Waals surface area contributed by atoms with E-state index in [0.29, 0.717) is 11.5 Å². The molecule has 25 heavy (non-hydrogen) atoms. The van der Waals surface area contributed by atoms with Crippen LogP contribution in [0.4, 0.5) is 26.0 Å². The summed E-state index contributed by atoms with van der Waals surface area (Å²) in [7, 11) is 0. The van der Waals surface area contributed by atoms with Crippen molar-refractivity contribution in [2.24, 2.45) is 0 Å². The van der Waals surface area contributed by atoms with Crippen LogP contribution in [0.5, 0.6) is 0 Å². The van der Waals surface area contributed by atoms with Crippen LogP contribution in [0.3, 0.4) is 0 Å². The molecule has 0 radical (unpaired) electrons. The van der Waals surface area contributed by atoms with Gasteiger partial charge in [-0.1, -0.05) is 0 Å². The number of hydrogen-bond donors (Lipinski definition) is 1. The van der Waals surface area contributed by atoms with Gasteiger partial charge in [0.15, 0.2) is 11.5 Å². The van der Waals surface area contributed by atoms with Gasteiger partial charge in [0.25, 0.3) is 6.43 Å². The van der Waals surface area contributed by atoms with Gasteiger partial charge in [0.2, 0.25) is 5.82 Å². The van der Waals surface area contributed by atoms with Gasteiger partial charge in [-0.15, -0.1) is 15.3 Å². The zero-order valence-corrected chi connectivity index (χ0v) is 13.8. The van der Waals surface area contributed by atoms with E-state index < -0.39 is 12.2 Å². The van der Waals surface area contributed by atoms with Crippen LogP contribution in [0, 0.1) is 6.92 Å². The lowest BCUT2D eigenvalue weighted by Crippen LogP contribution is -2.17. The van der Waals surface area contributed by atoms with Crippen molar-refractivity contribution in [1.29, 1.82) is 0 Å². The van der Waals surface area contributed by atoms with Gasteiger partial charge < -0.3 is 10.2 Å². The van der Waals surface area contributed by atoms with Crippen molar-refractivity contribution >= 4 is 22.8 Å². The average molecular weight is 344 g/mol. The second-order valence-corrected chi connectivity index (χ2v) is 6.17. The fraction of sp³-hybridized carbons (Fsp3) is 0.353. The van der Waals surface area contributed by atoms with E-state index in [4.69, 9.17) is 0 Å². The van der Waals surface area contributed by atoms with Gasteiger partial charge in [0.1, 0.15) is 0 Å². The number of aryl methyl sites for hydroxylation is 1. The Morgan fingerprint density at radius 3 is 2.60 bits per heavy atom. The van der Waals surface area contributed by atoms with E-state index >= 15 is 0 Å². The smallest absolute Gasteiger partial charge is 0.299 e. The normalized spacial score (nSPS) is 14.6. The summed E-state index contributed by atoms with van der Waals surface area (Å²) >= 11 is 0. The lowest BCUT2D eigenvalue weighted by atomic mass is 10.1. The number of nitrogens with one attached hydrogen (secondary N) is 1. The number of aromatic nitrogens is 4. The zero-order valence-electron chi connectivity index (χ0n) is 13.8. The highest BCUT2D eigenvalue weighted by Gasteiger charge is 2.17. The number of fused-ring (bicyclic) bond motifs is 1. The van der Waals surface area contributed by atoms with Crippen LogP contribution in [-0.4, -0.2) is 32.9 Å². The van der Waals surface area contributed by atoms with Gasteiger partial charge in [-0.3, -0.25) is 0 Å². The van der Waals surface area contributed by atoms with Crippen LogP contribution < -0.4 is 10.2 Å². The molecule has 4 rings (SSSR count). The Morgan fingerprint density at radius 1 is 1.08 bits per heavy atom. The molecule has 0 amide bonds. The molecule has 0 spiro atoms. The average Bonchev–Trinajstić information content (AvgIpc) is 3.25. The predicted molar refractivity (Wildman–Crippen MR) is 91.6 cm³/mol. The largest absolute Gasteiger partial charge is 0.372 e. The summed E-state index contributed by atoms with van der Waals surface area (Å²) in [6, 6.07) is 9.52. The third kappa shape index (κ3) is 2.99. The highest BCUT2D eigenvalue weighted by atomic mass is 19.3. The Bertz CT molecular complexity index is 901. The van der Waals surface area contributed by atoms with Gasteiger partial charge in [-0.25, -0.2) is 8.78 Å². The molecule has 1 N–H and O–H groups in total. The molecule has 1 aliphatic rings. The van der Waals surface area contributed by atoms with Crippen LogP contribution in [0.1, 0.15) is 30.7 Å². The van der Waals surface area contributed by atoms with Crippen molar-refractivity contribution < 1.29 is 8.78 Å². The summed E-state index contributed by atoms with van der Waals surface area (Å²) in [5.74, 6) is 0.00553. The lowest BCUT2D eigenvalue weighted by Gasteiger charge is -2.19. The Balaban J connectivity index is 1.61. The zero-order chi connectivity index (χ0) is 17.4. The minimum Gasteiger partial charge on any atom is -0.372 e. The molecule has 0 bridgehead atoms. The topological polar surface area (TPSA) is 58.3 Å². The minimum absolute atomic E-state index is 0.293. The first-order valence-electron chi connectivity index (χ1n) is 8.25. The van der Waals surface area contributed by atoms with Crippen molar-refractivity contribution in [3.05, 3.63) is 41.7 Å². The third-order valence-corrected chi connectivity index (χ3v) is 4.43. The number of nitrogens with zero attached hydrogens (tertiary/aromatic N) is 5. The molecule has 0 unspecified atom stereocenters. The molecule has 2 aromatic heterocycles. The number of rotatable bonds is 4. The third-order valence-electron chi connectivity index (χ3n) is 4.43. The highest BCUT2D eigenvalue weighted by Crippen LogP contribution is 2.27. The molecule has 0 saturated carbocycles. The number of anilines is 3. The SMILES string of the molecule is Cc1cc(N2CCCC2)ccc1Nc1ccc2nnc(C(F)F)n2n1. The maximum atomic E-state index is 13.0. The molecular formula is C17H18F2N6. The summed E-state index contributed by atoms with van der Waals surface area (Å²) in [6.07, 6.45) is -0.262. The molecular weight excluding hydrogens is 326 g/mol. The first kappa shape index (κ1) is 15.7. The molecule has 1 fully saturated rings. The highest BCUT2D eigenvalue weighted by molar-refractivity contribution is 5.65. The van der Waals surface area contributed by atoms with Gasteiger partial charge >= 0.3 is 0 Å². The van der Waals surface area contributed by atoms with Crippen LogP contribution >= 0.6 is 0 Å². The number of halogens is 2. The van der Waals surface area contributed by atoms with E-state index in [2.05, 4.69) is 37.6 Å². The molecule has 0 aliphatic carbocycles. The minimum atomic E-state index is -2.72. The fourth-order valence-electron chi connectivity index (χ4n) is 3.11. The summed E-state index contributed by atoms with van der Waals surface area (Å²) in [5.41, 5.74) is 3.47. The Kier molecular flexibility index (Phi) is 3.95. The van der Waals surface area contributed by atoms with Crippen LogP contribution in [0.25, 0.3) is 5.65 Å². The molecule has 1 aromatic carbocycles. The van der Waals surface area contributed by atoms with Crippen molar-refractivity contribution in [3.8, 4) is 0 Å². The fourth-order valence-corrected chi connectivity index (χ4v) is 3.11. The standard InChI is InChI=1S/C17H18F2N6/c1-11-10-12(24-8-2-3-9-24)4-5-13(11)20-14-6-7-15-21-22-17(16(18)19)25(15)23-14/h4-7,10,16H,2-3,8-9H2,1H3,(H,20,23). The molecule has 130 valence electrons. The molecule has 3 aromatic rings. The summed E-state index contributed by atoms with van der Waals surface area (Å²) in [6.45, 7) is 4.20. The van der Waals surface area contributed by atoms with Crippen LogP contribution in [0.15, 0.2) is 30.3 Å². The second-order valence-electron chi connectivity index (χ2n) is 6.17. The Labute approximate surface area is 143 Å². The second kappa shape index (κ2) is 6.27. The molecule has 0 atom stereocenters. The number of hydrogen-bond acceptors (Lipinski definition) is 5. The molecule has 3 heterocycles. The molecule has 1 saturated heterocycles. The summed E-state index contributed by atoms with van der Waals surface area (Å²) in [4.78, 5) is 2.37. The van der Waals surface area contributed by atoms with E-state index in [1.807, 2.05) is 13.0 Å². The van der Waals surface area contributed by atoms with E-state index in [1.165, 1.54) is 18.5 Å². The Morgan fingerprint density at radius 2 is 1.88 bits per heavy atom. The monoisotopic (exact) mass is 344 g/mol. The van der Waals surface area contributed by atoms with E-state index in [0.717, 1.165) is 28.9 Å². The van der Waals surface area contributed by atoms with Gasteiger partial charge in [0.05, 0.1) is 0 Å². The predicted octanol–water partition coefficient (Wildman–Crippen LogP) is 3.71. The van der Waals surface area contributed by atoms with E-state index in [1.54, 1.807) is 12.1 Å². The number of benzene rings is 1. The quantitative estimate of drug-likeness (QED) is 0.782. The molecule has 8 heteroatoms. The van der Waals surface area contributed by atoms with Crippen molar-refractivity contribution in [2.45, 2.75) is 26.2 Å². The van der Waals surface area contributed by atoms with E-state index in [9.17, 15) is 8.78 Å². The van der Waals surface area contributed by atoms with Crippen LogP contribution in [-0.2, 0) is 0 Å². The maximum absolute atomic E-state index is 13.0. The Hall–Kier alpha value is -2.77. The van der Waals surface area contributed by atoms with E-state index in [-0.39, 0.29) is 0 Å². The van der Waals surface area contributed by atoms with Crippen molar-refractivity contribution in [3.63, 3.8) is 0 Å². The summed E-state index contributed by atoms with van der Waals surface area (Å²) < 4.78 is 27.0. The van der Waals surface area contributed by atoms with Crippen molar-refractivity contribution in [2.75, 3.05) is 23.3 Å². The maximum Gasteiger partial charge on any atom is 0.299 e. The summed E-state index contributed by atoms with van der Waals surface area (Å²) in [5, 5.41) is 14.6. The van der Waals surface area contributed by atoms with Gasteiger partial charge in [0, 0.05) is 24.5 Å². The van der Waals surface area contributed by atoms with Gasteiger partial charge in [-0.05, 0) is 55.7 Å². The molecule has 6 nitrogen and oxygen atoms in total. The van der Waals surface area contributed by atoms with Crippen LogP contribution in [0.2, 0.25) is 0 Å². The van der Waals surface area contributed by atoms with Gasteiger partial charge in [-0.2, -0.15) is 4.52 Å². The first-order valence-corrected chi connectivity index (χ1v) is 8.25. The number of alkyl halides is 2. The first-order chi connectivity index (χ1) is 12.1. The lowest BCUT2D eigenvalue weighted by molar-refractivity contribution is 0.137.